The summed E-state index contributed by atoms with van der Waals surface area (Å²) in [7, 11) is 0. The minimum Gasteiger partial charge on any atom is -0.282 e. The van der Waals surface area contributed by atoms with E-state index in [-0.39, 0.29) is 5.12 Å². The first-order valence-corrected chi connectivity index (χ1v) is 5.72. The van der Waals surface area contributed by atoms with E-state index in [1.165, 1.54) is 23.5 Å². The second-order valence-corrected chi connectivity index (χ2v) is 4.53. The Kier molecular flexibility index (Phi) is 3.06. The maximum atomic E-state index is 10.9. The fraction of sp³-hybridized carbons (Fsp3) is 0. The van der Waals surface area contributed by atoms with E-state index in [1.807, 2.05) is 29.7 Å². The summed E-state index contributed by atoms with van der Waals surface area (Å²) in [6, 6.07) is 5.76. The molecule has 1 aromatic rings. The molecule has 0 saturated carbocycles. The fourth-order valence-electron chi connectivity index (χ4n) is 0.933. The van der Waals surface area contributed by atoms with E-state index < -0.39 is 0 Å². The lowest BCUT2D eigenvalue weighted by atomic mass is 10.5. The van der Waals surface area contributed by atoms with Crippen molar-refractivity contribution in [3.8, 4) is 0 Å². The molecule has 2 nitrogen and oxygen atoms in total. The van der Waals surface area contributed by atoms with Crippen LogP contribution in [0, 0.1) is 0 Å². The van der Waals surface area contributed by atoms with Crippen LogP contribution in [-0.2, 0) is 4.79 Å². The molecule has 0 atom stereocenters. The van der Waals surface area contributed by atoms with Crippen molar-refractivity contribution in [1.82, 2.24) is 4.98 Å². The fourth-order valence-corrected chi connectivity index (χ4v) is 2.37. The minimum absolute atomic E-state index is 0.0953. The highest BCUT2D eigenvalue weighted by Crippen LogP contribution is 2.29. The molecule has 1 aliphatic rings. The summed E-state index contributed by atoms with van der Waals surface area (Å²) in [5.41, 5.74) is 0. The van der Waals surface area contributed by atoms with Crippen LogP contribution < -0.4 is 0 Å². The number of hydrogen-bond acceptors (Lipinski definition) is 4. The number of aromatic nitrogens is 1. The molecule has 0 aromatic carbocycles. The molecule has 1 aliphatic heterocycles. The lowest BCUT2D eigenvalue weighted by molar-refractivity contribution is -0.106. The van der Waals surface area contributed by atoms with Gasteiger partial charge in [0.25, 0.3) is 0 Å². The number of nitrogens with zero attached hydrogens (tertiary/aromatic N) is 1. The summed E-state index contributed by atoms with van der Waals surface area (Å²) >= 11 is 2.77. The summed E-state index contributed by atoms with van der Waals surface area (Å²) in [6.07, 6.45) is 5.15. The van der Waals surface area contributed by atoms with Crippen LogP contribution in [-0.4, -0.2) is 10.1 Å². The predicted octanol–water partition coefficient (Wildman–Crippen LogP) is 2.84. The zero-order valence-electron chi connectivity index (χ0n) is 7.21. The number of rotatable bonds is 2. The van der Waals surface area contributed by atoms with Gasteiger partial charge in [-0.1, -0.05) is 17.8 Å². The van der Waals surface area contributed by atoms with Crippen molar-refractivity contribution >= 4 is 28.6 Å². The zero-order valence-corrected chi connectivity index (χ0v) is 8.85. The van der Waals surface area contributed by atoms with Gasteiger partial charge in [-0.15, -0.1) is 0 Å². The molecule has 2 heterocycles. The SMILES string of the molecule is O=C1C=C/C(=C/Sc2ccccn2)S1. The number of allylic oxidation sites excluding steroid dienone is 1. The van der Waals surface area contributed by atoms with E-state index in [9.17, 15) is 4.79 Å². The molecule has 0 unspecified atom stereocenters. The third-order valence-corrected chi connectivity index (χ3v) is 3.37. The molecule has 14 heavy (non-hydrogen) atoms. The van der Waals surface area contributed by atoms with E-state index in [2.05, 4.69) is 4.98 Å². The Morgan fingerprint density at radius 3 is 2.93 bits per heavy atom. The summed E-state index contributed by atoms with van der Waals surface area (Å²) in [5, 5.41) is 2.97. The third kappa shape index (κ3) is 2.49. The molecule has 0 spiro atoms. The average molecular weight is 221 g/mol. The summed E-state index contributed by atoms with van der Waals surface area (Å²) in [5.74, 6) is 0. The quantitative estimate of drug-likeness (QED) is 0.718. The zero-order chi connectivity index (χ0) is 9.80. The molecule has 0 radical (unpaired) electrons. The van der Waals surface area contributed by atoms with Crippen LogP contribution in [0.15, 0.2) is 51.9 Å². The molecule has 0 amide bonds. The van der Waals surface area contributed by atoms with Crippen LogP contribution in [0.4, 0.5) is 0 Å². The van der Waals surface area contributed by atoms with Gasteiger partial charge in [0, 0.05) is 11.1 Å². The number of carbonyl (C=O) groups is 1. The second kappa shape index (κ2) is 4.48. The van der Waals surface area contributed by atoms with Crippen molar-refractivity contribution in [1.29, 1.82) is 0 Å². The van der Waals surface area contributed by atoms with E-state index in [1.54, 1.807) is 12.3 Å². The highest BCUT2D eigenvalue weighted by atomic mass is 32.2. The predicted molar refractivity (Wildman–Crippen MR) is 59.9 cm³/mol. The summed E-state index contributed by atoms with van der Waals surface area (Å²) in [6.45, 7) is 0. The van der Waals surface area contributed by atoms with Gasteiger partial charge in [0.05, 0.1) is 0 Å². The van der Waals surface area contributed by atoms with Gasteiger partial charge < -0.3 is 0 Å². The average Bonchev–Trinajstić information content (AvgIpc) is 2.63. The van der Waals surface area contributed by atoms with Crippen molar-refractivity contribution in [2.45, 2.75) is 5.03 Å². The first kappa shape index (κ1) is 9.55. The third-order valence-electron chi connectivity index (χ3n) is 1.54. The van der Waals surface area contributed by atoms with Crippen molar-refractivity contribution in [3.63, 3.8) is 0 Å². The molecular weight excluding hydrogens is 214 g/mol. The Morgan fingerprint density at radius 1 is 1.36 bits per heavy atom. The highest BCUT2D eigenvalue weighted by molar-refractivity contribution is 8.18. The van der Waals surface area contributed by atoms with E-state index in [0.29, 0.717) is 0 Å². The van der Waals surface area contributed by atoms with Gasteiger partial charge >= 0.3 is 0 Å². The van der Waals surface area contributed by atoms with Gasteiger partial charge in [0.15, 0.2) is 0 Å². The van der Waals surface area contributed by atoms with Gasteiger partial charge in [0.2, 0.25) is 5.12 Å². The first-order valence-electron chi connectivity index (χ1n) is 4.02. The molecule has 70 valence electrons. The number of thioether (sulfide) groups is 2. The van der Waals surface area contributed by atoms with Crippen LogP contribution >= 0.6 is 23.5 Å². The Balaban J connectivity index is 2.01. The van der Waals surface area contributed by atoms with Gasteiger partial charge in [-0.3, -0.25) is 4.79 Å². The maximum absolute atomic E-state index is 10.9. The molecule has 0 aliphatic carbocycles. The summed E-state index contributed by atoms with van der Waals surface area (Å²) in [4.78, 5) is 16.0. The molecule has 1 aromatic heterocycles. The maximum Gasteiger partial charge on any atom is 0.216 e. The minimum atomic E-state index is 0.0953. The smallest absolute Gasteiger partial charge is 0.216 e. The van der Waals surface area contributed by atoms with E-state index >= 15 is 0 Å². The molecule has 0 saturated heterocycles. The first-order chi connectivity index (χ1) is 6.84. The lowest BCUT2D eigenvalue weighted by Gasteiger charge is -1.94. The second-order valence-electron chi connectivity index (χ2n) is 2.56. The molecule has 2 rings (SSSR count). The van der Waals surface area contributed by atoms with Gasteiger partial charge in [-0.05, 0) is 41.5 Å². The molecule has 0 N–H and O–H groups in total. The van der Waals surface area contributed by atoms with Crippen molar-refractivity contribution < 1.29 is 4.79 Å². The van der Waals surface area contributed by atoms with Crippen LogP contribution in [0.3, 0.4) is 0 Å². The summed E-state index contributed by atoms with van der Waals surface area (Å²) < 4.78 is 0. The van der Waals surface area contributed by atoms with Crippen LogP contribution in [0.1, 0.15) is 0 Å². The normalized spacial score (nSPS) is 18.0. The monoisotopic (exact) mass is 221 g/mol. The van der Waals surface area contributed by atoms with Crippen molar-refractivity contribution in [2.75, 3.05) is 0 Å². The Labute approximate surface area is 90.5 Å². The van der Waals surface area contributed by atoms with Crippen molar-refractivity contribution in [3.05, 3.63) is 46.9 Å². The Morgan fingerprint density at radius 2 is 2.29 bits per heavy atom. The molecule has 0 bridgehead atoms. The molecule has 4 heteroatoms. The topological polar surface area (TPSA) is 30.0 Å². The number of carbonyl (C=O) groups excluding carboxylic acids is 1. The standard InChI is InChI=1S/C10H7NOS2/c12-10-5-4-8(14-10)7-13-9-3-1-2-6-11-9/h1-7H/b8-7-. The van der Waals surface area contributed by atoms with Crippen LogP contribution in [0.2, 0.25) is 0 Å². The number of pyridine rings is 1. The Hall–Kier alpha value is -1.000. The molecular formula is C10H7NOS2. The van der Waals surface area contributed by atoms with Crippen LogP contribution in [0.25, 0.3) is 0 Å². The van der Waals surface area contributed by atoms with Crippen molar-refractivity contribution in [2.24, 2.45) is 0 Å². The van der Waals surface area contributed by atoms with Crippen LogP contribution in [0.5, 0.6) is 0 Å². The van der Waals surface area contributed by atoms with Gasteiger partial charge in [-0.2, -0.15) is 0 Å². The number of hydrogen-bond donors (Lipinski definition) is 0. The largest absolute Gasteiger partial charge is 0.282 e. The highest BCUT2D eigenvalue weighted by Gasteiger charge is 2.08. The van der Waals surface area contributed by atoms with E-state index in [0.717, 1.165) is 9.93 Å². The van der Waals surface area contributed by atoms with Gasteiger partial charge in [-0.25, -0.2) is 4.98 Å². The van der Waals surface area contributed by atoms with Gasteiger partial charge in [0.1, 0.15) is 5.03 Å². The lowest BCUT2D eigenvalue weighted by Crippen LogP contribution is -1.75. The Bertz CT molecular complexity index is 398. The molecule has 0 fully saturated rings. The van der Waals surface area contributed by atoms with E-state index in [4.69, 9.17) is 0 Å².